The van der Waals surface area contributed by atoms with Crippen LogP contribution in [-0.4, -0.2) is 24.6 Å². The maximum Gasteiger partial charge on any atom is -1.00 e. The molecule has 1 aliphatic rings. The molecule has 0 saturated heterocycles. The van der Waals surface area contributed by atoms with Gasteiger partial charge < -0.3 is 37.2 Å². The zero-order chi connectivity index (χ0) is 8.81. The third-order valence-corrected chi connectivity index (χ3v) is 5.52. The second kappa shape index (κ2) is 13.2. The number of methoxy groups -OCH3 is 2. The van der Waals surface area contributed by atoms with Crippen molar-refractivity contribution < 1.29 is 69.9 Å². The Balaban J connectivity index is -0.000000480. The largest absolute Gasteiger partial charge is 1.00 e. The van der Waals surface area contributed by atoms with E-state index >= 15 is 0 Å². The van der Waals surface area contributed by atoms with E-state index in [9.17, 15) is 0 Å². The van der Waals surface area contributed by atoms with Crippen LogP contribution in [-0.2, 0) is 32.7 Å². The fourth-order valence-corrected chi connectivity index (χ4v) is 4.22. The molecule has 0 radical (unpaired) electrons. The van der Waals surface area contributed by atoms with Crippen LogP contribution in [0.5, 0.6) is 0 Å². The minimum atomic E-state index is -0.508. The molecule has 0 saturated carbocycles. The maximum absolute atomic E-state index is 5.34. The van der Waals surface area contributed by atoms with Crippen LogP contribution in [0, 0.1) is 0 Å². The smallest absolute Gasteiger partial charge is 1.00 e. The van der Waals surface area contributed by atoms with Crippen molar-refractivity contribution in [3.05, 3.63) is 24.3 Å². The van der Waals surface area contributed by atoms with Crippen molar-refractivity contribution in [1.82, 2.24) is 0 Å². The molecule has 6 heteroatoms. The monoisotopic (exact) mass is 349 g/mol. The number of rotatable bonds is 5. The average molecular weight is 352 g/mol. The summed E-state index contributed by atoms with van der Waals surface area (Å²) in [6, 6.07) is 0. The summed E-state index contributed by atoms with van der Waals surface area (Å²) in [6.45, 7) is 0.751. The van der Waals surface area contributed by atoms with Crippen LogP contribution >= 0.6 is 0 Å². The van der Waals surface area contributed by atoms with Gasteiger partial charge in [0.15, 0.2) is 0 Å². The molecule has 1 rings (SSSR count). The molecule has 0 heterocycles. The minimum absolute atomic E-state index is 0. The van der Waals surface area contributed by atoms with E-state index in [2.05, 4.69) is 24.3 Å². The number of hydrogen-bond acceptors (Lipinski definition) is 2. The summed E-state index contributed by atoms with van der Waals surface area (Å²) in [7, 11) is 3.50. The van der Waals surface area contributed by atoms with E-state index in [4.69, 9.17) is 9.47 Å². The molecule has 0 fully saturated rings. The topological polar surface area (TPSA) is 18.5 Å². The summed E-state index contributed by atoms with van der Waals surface area (Å²) >= 11 is -0.508. The summed E-state index contributed by atoms with van der Waals surface area (Å²) in [6.07, 6.45) is 8.75. The SMILES string of the molecule is COC[CH](OC)[Zr+3][CH]1C=CC=C1.[Cl-].[Cl-].[Cl-]. The molecule has 0 aromatic carbocycles. The van der Waals surface area contributed by atoms with Crippen LogP contribution < -0.4 is 37.2 Å². The first-order chi connectivity index (χ1) is 5.86. The number of hydrogen-bond donors (Lipinski definition) is 0. The van der Waals surface area contributed by atoms with E-state index in [1.807, 2.05) is 0 Å². The van der Waals surface area contributed by atoms with Crippen molar-refractivity contribution in [2.24, 2.45) is 0 Å². The van der Waals surface area contributed by atoms with E-state index < -0.39 is 23.2 Å². The van der Waals surface area contributed by atoms with Crippen LogP contribution in [0.15, 0.2) is 24.3 Å². The van der Waals surface area contributed by atoms with E-state index in [1.165, 1.54) is 0 Å². The standard InChI is InChI=1S/C5H5.C4H9O2.3ClH.Zr/c1-2-4-5-3-1;1-5-3-4-6-2;;;;/h1-5H;3H,4H2,1-2H3;3*1H;/q;;;;;+3/p-3. The second-order valence-electron chi connectivity index (χ2n) is 2.64. The van der Waals surface area contributed by atoms with Crippen molar-refractivity contribution >= 4 is 0 Å². The molecule has 0 bridgehead atoms. The number of allylic oxidation sites excluding steroid dienone is 4. The Morgan fingerprint density at radius 3 is 2.07 bits per heavy atom. The first kappa shape index (κ1) is 21.4. The summed E-state index contributed by atoms with van der Waals surface area (Å²) in [5.41, 5.74) is 0. The Morgan fingerprint density at radius 1 is 1.13 bits per heavy atom. The third kappa shape index (κ3) is 8.91. The quantitative estimate of drug-likeness (QED) is 0.490. The minimum Gasteiger partial charge on any atom is -1.00 e. The molecule has 0 aromatic rings. The van der Waals surface area contributed by atoms with Crippen molar-refractivity contribution in [3.63, 3.8) is 0 Å². The zero-order valence-corrected chi connectivity index (χ0v) is 13.3. The van der Waals surface area contributed by atoms with E-state index in [0.717, 1.165) is 6.61 Å². The van der Waals surface area contributed by atoms with Gasteiger partial charge in [0, 0.05) is 0 Å². The predicted octanol–water partition coefficient (Wildman–Crippen LogP) is -7.39. The van der Waals surface area contributed by atoms with E-state index in [1.54, 1.807) is 14.2 Å². The molecule has 0 amide bonds. The van der Waals surface area contributed by atoms with Crippen LogP contribution in [0.3, 0.4) is 0 Å². The second-order valence-corrected chi connectivity index (χ2v) is 6.68. The third-order valence-electron chi connectivity index (χ3n) is 1.73. The molecule has 87 valence electrons. The Hall–Kier alpha value is 1.15. The van der Waals surface area contributed by atoms with Crippen LogP contribution in [0.1, 0.15) is 0 Å². The zero-order valence-electron chi connectivity index (χ0n) is 8.62. The molecule has 0 aliphatic heterocycles. The van der Waals surface area contributed by atoms with Crippen molar-refractivity contribution in [1.29, 1.82) is 0 Å². The van der Waals surface area contributed by atoms with Crippen LogP contribution in [0.4, 0.5) is 0 Å². The maximum atomic E-state index is 5.34. The van der Waals surface area contributed by atoms with Crippen molar-refractivity contribution in [2.75, 3.05) is 20.8 Å². The number of ether oxygens (including phenoxy) is 2. The first-order valence-corrected chi connectivity index (χ1v) is 6.83. The molecular weight excluding hydrogens is 338 g/mol. The molecule has 15 heavy (non-hydrogen) atoms. The van der Waals surface area contributed by atoms with E-state index in [0.29, 0.717) is 7.44 Å². The molecule has 0 N–H and O–H groups in total. The van der Waals surface area contributed by atoms with Gasteiger partial charge in [0.1, 0.15) is 0 Å². The Kier molecular flexibility index (Phi) is 18.9. The molecule has 1 atom stereocenters. The van der Waals surface area contributed by atoms with Crippen LogP contribution in [0.2, 0.25) is 3.63 Å². The summed E-state index contributed by atoms with van der Waals surface area (Å²) in [4.78, 5) is 0. The fraction of sp³-hybridized carbons (Fsp3) is 0.556. The van der Waals surface area contributed by atoms with Gasteiger partial charge in [-0.2, -0.15) is 0 Å². The van der Waals surface area contributed by atoms with Gasteiger partial charge in [-0.05, 0) is 0 Å². The molecule has 0 aromatic heterocycles. The molecular formula is C9H14Cl3O2Zr. The van der Waals surface area contributed by atoms with Gasteiger partial charge in [-0.25, -0.2) is 0 Å². The summed E-state index contributed by atoms with van der Waals surface area (Å²) in [5.74, 6) is 0. The average Bonchev–Trinajstić information content (AvgIpc) is 2.56. The van der Waals surface area contributed by atoms with E-state index in [-0.39, 0.29) is 37.2 Å². The Bertz CT molecular complexity index is 176. The van der Waals surface area contributed by atoms with Crippen molar-refractivity contribution in [3.8, 4) is 0 Å². The van der Waals surface area contributed by atoms with Gasteiger partial charge in [-0.15, -0.1) is 0 Å². The Morgan fingerprint density at radius 2 is 1.67 bits per heavy atom. The molecule has 1 unspecified atom stereocenters. The normalized spacial score (nSPS) is 14.5. The van der Waals surface area contributed by atoms with Crippen molar-refractivity contribution in [2.45, 2.75) is 7.44 Å². The van der Waals surface area contributed by atoms with Gasteiger partial charge in [-0.3, -0.25) is 0 Å². The summed E-state index contributed by atoms with van der Waals surface area (Å²) in [5, 5.41) is 0. The van der Waals surface area contributed by atoms with Gasteiger partial charge >= 0.3 is 85.3 Å². The van der Waals surface area contributed by atoms with Gasteiger partial charge in [-0.1, -0.05) is 0 Å². The summed E-state index contributed by atoms with van der Waals surface area (Å²) < 4.78 is 11.5. The van der Waals surface area contributed by atoms with Crippen LogP contribution in [0.25, 0.3) is 0 Å². The van der Waals surface area contributed by atoms with Gasteiger partial charge in [0.05, 0.1) is 0 Å². The fourth-order valence-electron chi connectivity index (χ4n) is 1.09. The Labute approximate surface area is 122 Å². The van der Waals surface area contributed by atoms with Gasteiger partial charge in [0.25, 0.3) is 0 Å². The van der Waals surface area contributed by atoms with Gasteiger partial charge in [0.2, 0.25) is 0 Å². The predicted molar refractivity (Wildman–Crippen MR) is 44.7 cm³/mol. The number of halogens is 3. The molecule has 1 aliphatic carbocycles. The molecule has 2 nitrogen and oxygen atoms in total. The first-order valence-electron chi connectivity index (χ1n) is 3.99. The molecule has 0 spiro atoms.